The molecule has 0 heterocycles. The standard InChI is InChI=1S/C18H21NO4/c1-21-16-9-8-15(17(10-16)22-2)11-19-12-18(20)23-13-14-6-4-3-5-7-14/h3-10,19H,11-13H2,1-2H3. The first kappa shape index (κ1) is 16.8. The van der Waals surface area contributed by atoms with Crippen molar-refractivity contribution in [3.05, 3.63) is 59.7 Å². The Balaban J connectivity index is 1.77. The van der Waals surface area contributed by atoms with Gasteiger partial charge in [0.05, 0.1) is 20.8 Å². The van der Waals surface area contributed by atoms with E-state index in [1.165, 1.54) is 0 Å². The lowest BCUT2D eigenvalue weighted by atomic mass is 10.2. The molecule has 0 bridgehead atoms. The zero-order valence-electron chi connectivity index (χ0n) is 13.4. The molecule has 0 aliphatic rings. The minimum absolute atomic E-state index is 0.141. The second-order valence-electron chi connectivity index (χ2n) is 4.93. The van der Waals surface area contributed by atoms with Crippen LogP contribution >= 0.6 is 0 Å². The molecule has 1 N–H and O–H groups in total. The summed E-state index contributed by atoms with van der Waals surface area (Å²) in [7, 11) is 3.21. The van der Waals surface area contributed by atoms with Crippen LogP contribution in [0.3, 0.4) is 0 Å². The molecule has 122 valence electrons. The zero-order valence-corrected chi connectivity index (χ0v) is 13.4. The summed E-state index contributed by atoms with van der Waals surface area (Å²) in [4.78, 5) is 11.7. The number of esters is 1. The van der Waals surface area contributed by atoms with Crippen molar-refractivity contribution in [2.45, 2.75) is 13.2 Å². The molecule has 0 spiro atoms. The lowest BCUT2D eigenvalue weighted by molar-refractivity contribution is -0.143. The van der Waals surface area contributed by atoms with Crippen LogP contribution in [0.5, 0.6) is 11.5 Å². The van der Waals surface area contributed by atoms with Crippen molar-refractivity contribution in [3.8, 4) is 11.5 Å². The third-order valence-electron chi connectivity index (χ3n) is 3.32. The van der Waals surface area contributed by atoms with Crippen molar-refractivity contribution < 1.29 is 19.0 Å². The molecule has 2 rings (SSSR count). The first-order chi connectivity index (χ1) is 11.2. The molecule has 2 aromatic rings. The summed E-state index contributed by atoms with van der Waals surface area (Å²) in [6.07, 6.45) is 0. The predicted molar refractivity (Wildman–Crippen MR) is 87.5 cm³/mol. The van der Waals surface area contributed by atoms with Crippen LogP contribution in [0.2, 0.25) is 0 Å². The van der Waals surface area contributed by atoms with E-state index < -0.39 is 0 Å². The molecule has 0 unspecified atom stereocenters. The molecule has 0 radical (unpaired) electrons. The summed E-state index contributed by atoms with van der Waals surface area (Å²) in [6.45, 7) is 0.933. The van der Waals surface area contributed by atoms with Gasteiger partial charge in [0.15, 0.2) is 0 Å². The second-order valence-corrected chi connectivity index (χ2v) is 4.93. The van der Waals surface area contributed by atoms with Gasteiger partial charge in [-0.05, 0) is 11.6 Å². The van der Waals surface area contributed by atoms with E-state index in [4.69, 9.17) is 14.2 Å². The second kappa shape index (κ2) is 8.80. The highest BCUT2D eigenvalue weighted by atomic mass is 16.5. The number of carbonyl (C=O) groups excluding carboxylic acids is 1. The smallest absolute Gasteiger partial charge is 0.320 e. The molecule has 5 nitrogen and oxygen atoms in total. The van der Waals surface area contributed by atoms with Crippen molar-refractivity contribution in [1.29, 1.82) is 0 Å². The highest BCUT2D eigenvalue weighted by Crippen LogP contribution is 2.24. The monoisotopic (exact) mass is 315 g/mol. The van der Waals surface area contributed by atoms with Crippen LogP contribution in [-0.2, 0) is 22.7 Å². The van der Waals surface area contributed by atoms with E-state index in [0.717, 1.165) is 22.6 Å². The summed E-state index contributed by atoms with van der Waals surface area (Å²) in [5, 5.41) is 3.05. The molecule has 0 aliphatic heterocycles. The molecule has 2 aromatic carbocycles. The summed E-state index contributed by atoms with van der Waals surface area (Å²) in [5.74, 6) is 1.16. The van der Waals surface area contributed by atoms with Crippen LogP contribution in [-0.4, -0.2) is 26.7 Å². The SMILES string of the molecule is COc1ccc(CNCC(=O)OCc2ccccc2)c(OC)c1. The Kier molecular flexibility index (Phi) is 6.44. The van der Waals surface area contributed by atoms with Crippen molar-refractivity contribution in [1.82, 2.24) is 5.32 Å². The van der Waals surface area contributed by atoms with E-state index in [0.29, 0.717) is 6.54 Å². The van der Waals surface area contributed by atoms with Crippen LogP contribution in [0.1, 0.15) is 11.1 Å². The number of hydrogen-bond acceptors (Lipinski definition) is 5. The van der Waals surface area contributed by atoms with E-state index in [1.54, 1.807) is 14.2 Å². The third kappa shape index (κ3) is 5.30. The van der Waals surface area contributed by atoms with Gasteiger partial charge in [-0.25, -0.2) is 0 Å². The lowest BCUT2D eigenvalue weighted by Crippen LogP contribution is -2.24. The number of benzene rings is 2. The molecule has 0 aromatic heterocycles. The van der Waals surface area contributed by atoms with Gasteiger partial charge in [-0.3, -0.25) is 4.79 Å². The average molecular weight is 315 g/mol. The fraction of sp³-hybridized carbons (Fsp3) is 0.278. The summed E-state index contributed by atoms with van der Waals surface area (Å²) >= 11 is 0. The van der Waals surface area contributed by atoms with Crippen molar-refractivity contribution in [2.75, 3.05) is 20.8 Å². The van der Waals surface area contributed by atoms with Crippen LogP contribution in [0, 0.1) is 0 Å². The molecule has 23 heavy (non-hydrogen) atoms. The number of ether oxygens (including phenoxy) is 3. The fourth-order valence-corrected chi connectivity index (χ4v) is 2.09. The van der Waals surface area contributed by atoms with Gasteiger partial charge in [-0.2, -0.15) is 0 Å². The molecule has 0 fully saturated rings. The Labute approximate surface area is 136 Å². The molecule has 0 saturated heterocycles. The number of methoxy groups -OCH3 is 2. The van der Waals surface area contributed by atoms with Crippen LogP contribution < -0.4 is 14.8 Å². The topological polar surface area (TPSA) is 56.8 Å². The number of rotatable bonds is 8. The van der Waals surface area contributed by atoms with Gasteiger partial charge in [-0.15, -0.1) is 0 Å². The number of hydrogen-bond donors (Lipinski definition) is 1. The van der Waals surface area contributed by atoms with Crippen molar-refractivity contribution in [3.63, 3.8) is 0 Å². The first-order valence-electron chi connectivity index (χ1n) is 7.34. The molecular formula is C18H21NO4. The Bertz CT molecular complexity index is 628. The first-order valence-corrected chi connectivity index (χ1v) is 7.34. The van der Waals surface area contributed by atoms with Gasteiger partial charge in [0, 0.05) is 18.2 Å². The van der Waals surface area contributed by atoms with Gasteiger partial charge >= 0.3 is 5.97 Å². The summed E-state index contributed by atoms with van der Waals surface area (Å²) < 4.78 is 15.7. The Hall–Kier alpha value is -2.53. The van der Waals surface area contributed by atoms with Crippen LogP contribution in [0.25, 0.3) is 0 Å². The minimum atomic E-state index is -0.290. The molecule has 0 atom stereocenters. The Morgan fingerprint density at radius 2 is 1.83 bits per heavy atom. The van der Waals surface area contributed by atoms with Crippen molar-refractivity contribution >= 4 is 5.97 Å². The predicted octanol–water partition coefficient (Wildman–Crippen LogP) is 2.54. The maximum Gasteiger partial charge on any atom is 0.320 e. The summed E-state index contributed by atoms with van der Waals surface area (Å²) in [6, 6.07) is 15.2. The third-order valence-corrected chi connectivity index (χ3v) is 3.32. The fourth-order valence-electron chi connectivity index (χ4n) is 2.09. The van der Waals surface area contributed by atoms with Gasteiger partial charge in [0.1, 0.15) is 18.1 Å². The van der Waals surface area contributed by atoms with Crippen molar-refractivity contribution in [2.24, 2.45) is 0 Å². The lowest BCUT2D eigenvalue weighted by Gasteiger charge is -2.11. The van der Waals surface area contributed by atoms with Gasteiger partial charge in [-0.1, -0.05) is 36.4 Å². The average Bonchev–Trinajstić information content (AvgIpc) is 2.61. The maximum absolute atomic E-state index is 11.7. The maximum atomic E-state index is 11.7. The molecule has 0 aliphatic carbocycles. The molecular weight excluding hydrogens is 294 g/mol. The molecule has 0 amide bonds. The van der Waals surface area contributed by atoms with Crippen LogP contribution in [0.4, 0.5) is 0 Å². The summed E-state index contributed by atoms with van der Waals surface area (Å²) in [5.41, 5.74) is 1.92. The molecule has 5 heteroatoms. The highest BCUT2D eigenvalue weighted by Gasteiger charge is 2.07. The minimum Gasteiger partial charge on any atom is -0.497 e. The normalized spacial score (nSPS) is 10.2. The largest absolute Gasteiger partial charge is 0.497 e. The van der Waals surface area contributed by atoms with E-state index in [9.17, 15) is 4.79 Å². The van der Waals surface area contributed by atoms with Gasteiger partial charge < -0.3 is 19.5 Å². The number of carbonyl (C=O) groups is 1. The van der Waals surface area contributed by atoms with Gasteiger partial charge in [0.2, 0.25) is 0 Å². The number of nitrogens with one attached hydrogen (secondary N) is 1. The van der Waals surface area contributed by atoms with E-state index in [-0.39, 0.29) is 19.1 Å². The zero-order chi connectivity index (χ0) is 16.5. The Morgan fingerprint density at radius 1 is 1.04 bits per heavy atom. The molecule has 0 saturated carbocycles. The quantitative estimate of drug-likeness (QED) is 0.759. The van der Waals surface area contributed by atoms with E-state index >= 15 is 0 Å². The van der Waals surface area contributed by atoms with Crippen LogP contribution in [0.15, 0.2) is 48.5 Å². The highest BCUT2D eigenvalue weighted by molar-refractivity contribution is 5.71. The van der Waals surface area contributed by atoms with E-state index in [2.05, 4.69) is 5.32 Å². The van der Waals surface area contributed by atoms with E-state index in [1.807, 2.05) is 48.5 Å². The van der Waals surface area contributed by atoms with Gasteiger partial charge in [0.25, 0.3) is 0 Å². The Morgan fingerprint density at radius 3 is 2.52 bits per heavy atom.